The quantitative estimate of drug-likeness (QED) is 0.747. The van der Waals surface area contributed by atoms with Crippen molar-refractivity contribution in [2.45, 2.75) is 11.4 Å². The molecule has 0 unspecified atom stereocenters. The molecule has 0 saturated carbocycles. The fraction of sp³-hybridized carbons (Fsp3) is 0.0769. The van der Waals surface area contributed by atoms with Gasteiger partial charge in [0.15, 0.2) is 0 Å². The first-order valence-corrected chi connectivity index (χ1v) is 8.53. The summed E-state index contributed by atoms with van der Waals surface area (Å²) in [6.45, 7) is 0.333. The molecular formula is C13H12BrClN2O3S. The molecule has 2 aromatic rings. The minimum absolute atomic E-state index is 0.0190. The monoisotopic (exact) mass is 390 g/mol. The highest BCUT2D eigenvalue weighted by Crippen LogP contribution is 2.27. The molecule has 0 amide bonds. The topological polar surface area (TPSA) is 92.4 Å². The first-order valence-electron chi connectivity index (χ1n) is 5.81. The number of phenolic OH excluding ortho intramolecular Hbond substituents is 1. The normalized spacial score (nSPS) is 11.4. The Kier molecular flexibility index (Phi) is 4.77. The van der Waals surface area contributed by atoms with E-state index in [0.717, 1.165) is 0 Å². The summed E-state index contributed by atoms with van der Waals surface area (Å²) in [5.74, 6) is 0.129. The third-order valence-electron chi connectivity index (χ3n) is 2.78. The zero-order valence-electron chi connectivity index (χ0n) is 10.7. The molecule has 5 nitrogen and oxygen atoms in total. The molecule has 2 rings (SSSR count). The van der Waals surface area contributed by atoms with E-state index in [9.17, 15) is 13.5 Å². The maximum atomic E-state index is 11.2. The van der Waals surface area contributed by atoms with E-state index in [-0.39, 0.29) is 10.6 Å². The van der Waals surface area contributed by atoms with Gasteiger partial charge < -0.3 is 10.4 Å². The first-order chi connectivity index (χ1) is 9.77. The number of anilines is 1. The molecule has 8 heteroatoms. The summed E-state index contributed by atoms with van der Waals surface area (Å²) in [5.41, 5.74) is 1.30. The first kappa shape index (κ1) is 16.1. The van der Waals surface area contributed by atoms with Crippen molar-refractivity contribution < 1.29 is 13.5 Å². The molecule has 0 radical (unpaired) electrons. The number of nitrogens with two attached hydrogens (primary N) is 1. The maximum absolute atomic E-state index is 11.2. The van der Waals surface area contributed by atoms with Gasteiger partial charge in [0.05, 0.1) is 4.90 Å². The average molecular weight is 392 g/mol. The summed E-state index contributed by atoms with van der Waals surface area (Å²) in [6.07, 6.45) is 0. The molecule has 0 saturated heterocycles. The van der Waals surface area contributed by atoms with E-state index in [0.29, 0.717) is 27.3 Å². The van der Waals surface area contributed by atoms with Crippen molar-refractivity contribution in [3.63, 3.8) is 0 Å². The largest absolute Gasteiger partial charge is 0.508 e. The van der Waals surface area contributed by atoms with E-state index in [2.05, 4.69) is 21.2 Å². The predicted molar refractivity (Wildman–Crippen MR) is 86.0 cm³/mol. The van der Waals surface area contributed by atoms with Crippen LogP contribution >= 0.6 is 27.5 Å². The number of benzene rings is 2. The van der Waals surface area contributed by atoms with Crippen LogP contribution in [-0.4, -0.2) is 13.5 Å². The number of hydrogen-bond donors (Lipinski definition) is 3. The molecule has 0 aliphatic heterocycles. The van der Waals surface area contributed by atoms with Crippen LogP contribution in [-0.2, 0) is 16.6 Å². The van der Waals surface area contributed by atoms with Gasteiger partial charge in [0.25, 0.3) is 0 Å². The zero-order chi connectivity index (χ0) is 15.6. The molecule has 112 valence electrons. The number of nitrogens with one attached hydrogen (secondary N) is 1. The average Bonchev–Trinajstić information content (AvgIpc) is 2.40. The second-order valence-electron chi connectivity index (χ2n) is 4.31. The van der Waals surface area contributed by atoms with Crippen LogP contribution in [0.5, 0.6) is 5.75 Å². The molecule has 0 bridgehead atoms. The molecule has 0 spiro atoms. The van der Waals surface area contributed by atoms with Crippen LogP contribution in [0.2, 0.25) is 5.02 Å². The summed E-state index contributed by atoms with van der Waals surface area (Å²) < 4.78 is 23.0. The number of aromatic hydroxyl groups is 1. The molecule has 0 aliphatic rings. The molecule has 0 aliphatic carbocycles. The Morgan fingerprint density at radius 2 is 1.95 bits per heavy atom. The summed E-state index contributed by atoms with van der Waals surface area (Å²) in [6, 6.07) is 9.16. The van der Waals surface area contributed by atoms with Gasteiger partial charge in [0.2, 0.25) is 10.0 Å². The highest BCUT2D eigenvalue weighted by atomic mass is 79.9. The lowest BCUT2D eigenvalue weighted by Crippen LogP contribution is -2.12. The van der Waals surface area contributed by atoms with E-state index in [4.69, 9.17) is 16.7 Å². The van der Waals surface area contributed by atoms with Crippen LogP contribution < -0.4 is 10.5 Å². The Bertz CT molecular complexity index is 781. The minimum Gasteiger partial charge on any atom is -0.508 e. The van der Waals surface area contributed by atoms with E-state index >= 15 is 0 Å². The van der Waals surface area contributed by atoms with Gasteiger partial charge in [-0.25, -0.2) is 13.6 Å². The fourth-order valence-corrected chi connectivity index (χ4v) is 3.11. The van der Waals surface area contributed by atoms with E-state index in [1.54, 1.807) is 18.2 Å². The summed E-state index contributed by atoms with van der Waals surface area (Å²) >= 11 is 9.15. The SMILES string of the molecule is NS(=O)(=O)c1ccc(NCc2cc(Cl)ccc2O)c(Br)c1. The van der Waals surface area contributed by atoms with Gasteiger partial charge in [-0.1, -0.05) is 11.6 Å². The molecule has 21 heavy (non-hydrogen) atoms. The summed E-state index contributed by atoms with van der Waals surface area (Å²) in [7, 11) is -3.74. The van der Waals surface area contributed by atoms with E-state index in [1.807, 2.05) is 0 Å². The van der Waals surface area contributed by atoms with Crippen molar-refractivity contribution in [3.05, 3.63) is 51.5 Å². The van der Waals surface area contributed by atoms with Gasteiger partial charge in [0.1, 0.15) is 5.75 Å². The predicted octanol–water partition coefficient (Wildman–Crippen LogP) is 3.07. The number of phenols is 1. The Balaban J connectivity index is 2.19. The lowest BCUT2D eigenvalue weighted by Gasteiger charge is -2.11. The number of rotatable bonds is 4. The minimum atomic E-state index is -3.74. The Morgan fingerprint density at radius 1 is 1.24 bits per heavy atom. The maximum Gasteiger partial charge on any atom is 0.238 e. The number of halogens is 2. The number of hydrogen-bond acceptors (Lipinski definition) is 4. The molecule has 0 heterocycles. The van der Waals surface area contributed by atoms with Crippen LogP contribution in [0, 0.1) is 0 Å². The van der Waals surface area contributed by atoms with Crippen molar-refractivity contribution in [2.75, 3.05) is 5.32 Å². The van der Waals surface area contributed by atoms with Gasteiger partial charge in [0, 0.05) is 27.3 Å². The highest BCUT2D eigenvalue weighted by Gasteiger charge is 2.10. The Labute approximate surface area is 135 Å². The molecule has 0 aromatic heterocycles. The van der Waals surface area contributed by atoms with Gasteiger partial charge in [-0.3, -0.25) is 0 Å². The Morgan fingerprint density at radius 3 is 2.57 bits per heavy atom. The van der Waals surface area contributed by atoms with Gasteiger partial charge >= 0.3 is 0 Å². The van der Waals surface area contributed by atoms with Crippen LogP contribution in [0.3, 0.4) is 0 Å². The van der Waals surface area contributed by atoms with Gasteiger partial charge in [-0.15, -0.1) is 0 Å². The molecule has 0 fully saturated rings. The fourth-order valence-electron chi connectivity index (χ4n) is 1.70. The number of sulfonamides is 1. The Hall–Kier alpha value is -1.28. The molecule has 2 aromatic carbocycles. The van der Waals surface area contributed by atoms with Gasteiger partial charge in [-0.2, -0.15) is 0 Å². The second-order valence-corrected chi connectivity index (χ2v) is 7.17. The van der Waals surface area contributed by atoms with Crippen molar-refractivity contribution >= 4 is 43.2 Å². The summed E-state index contributed by atoms with van der Waals surface area (Å²) in [4.78, 5) is 0.0190. The van der Waals surface area contributed by atoms with Crippen LogP contribution in [0.1, 0.15) is 5.56 Å². The van der Waals surface area contributed by atoms with Crippen molar-refractivity contribution in [3.8, 4) is 5.75 Å². The van der Waals surface area contributed by atoms with Crippen molar-refractivity contribution in [1.29, 1.82) is 0 Å². The molecular weight excluding hydrogens is 380 g/mol. The molecule has 0 atom stereocenters. The lowest BCUT2D eigenvalue weighted by molar-refractivity contribution is 0.469. The lowest BCUT2D eigenvalue weighted by atomic mass is 10.2. The standard InChI is InChI=1S/C13H12BrClN2O3S/c14-11-6-10(21(16,19)20)2-3-12(11)17-7-8-5-9(15)1-4-13(8)18/h1-6,17-18H,7H2,(H2,16,19,20). The van der Waals surface area contributed by atoms with E-state index in [1.165, 1.54) is 18.2 Å². The third kappa shape index (κ3) is 4.10. The second kappa shape index (κ2) is 6.23. The van der Waals surface area contributed by atoms with Gasteiger partial charge in [-0.05, 0) is 52.3 Å². The molecule has 4 N–H and O–H groups in total. The van der Waals surface area contributed by atoms with Crippen LogP contribution in [0.4, 0.5) is 5.69 Å². The number of primary sulfonamides is 1. The highest BCUT2D eigenvalue weighted by molar-refractivity contribution is 9.10. The van der Waals surface area contributed by atoms with E-state index < -0.39 is 10.0 Å². The smallest absolute Gasteiger partial charge is 0.238 e. The summed E-state index contributed by atoms with van der Waals surface area (Å²) in [5, 5.41) is 18.4. The van der Waals surface area contributed by atoms with Crippen LogP contribution in [0.15, 0.2) is 45.8 Å². The van der Waals surface area contributed by atoms with Crippen molar-refractivity contribution in [1.82, 2.24) is 0 Å². The third-order valence-corrected chi connectivity index (χ3v) is 4.58. The van der Waals surface area contributed by atoms with Crippen molar-refractivity contribution in [2.24, 2.45) is 5.14 Å². The zero-order valence-corrected chi connectivity index (χ0v) is 13.8. The van der Waals surface area contributed by atoms with Crippen LogP contribution in [0.25, 0.3) is 0 Å².